The predicted octanol–water partition coefficient (Wildman–Crippen LogP) is 4.00. The Morgan fingerprint density at radius 1 is 1.19 bits per heavy atom. The number of carbonyl (C=O) groups is 2. The van der Waals surface area contributed by atoms with E-state index in [0.717, 1.165) is 32.6 Å². The average molecular weight is 449 g/mol. The van der Waals surface area contributed by atoms with Crippen LogP contribution in [0.15, 0.2) is 57.9 Å². The van der Waals surface area contributed by atoms with Gasteiger partial charge < -0.3 is 4.74 Å². The number of ether oxygens (including phenoxy) is 1. The van der Waals surface area contributed by atoms with E-state index in [1.54, 1.807) is 37.5 Å². The number of halogens is 1. The highest BCUT2D eigenvalue weighted by atomic mass is 79.9. The van der Waals surface area contributed by atoms with Gasteiger partial charge in [-0.15, -0.1) is 0 Å². The summed E-state index contributed by atoms with van der Waals surface area (Å²) in [7, 11) is 1.59. The molecule has 0 unspecified atom stereocenters. The molecule has 0 saturated carbocycles. The van der Waals surface area contributed by atoms with Crippen LogP contribution in [-0.2, 0) is 4.79 Å². The third kappa shape index (κ3) is 4.14. The maximum absolute atomic E-state index is 12.6. The Kier molecular flexibility index (Phi) is 5.75. The fraction of sp³-hybridized carbons (Fsp3) is 0.0556. The molecule has 3 rings (SSSR count). The van der Waals surface area contributed by atoms with E-state index in [9.17, 15) is 9.59 Å². The van der Waals surface area contributed by atoms with E-state index in [1.807, 2.05) is 24.3 Å². The van der Waals surface area contributed by atoms with E-state index < -0.39 is 5.91 Å². The van der Waals surface area contributed by atoms with E-state index in [4.69, 9.17) is 17.0 Å². The normalized spacial score (nSPS) is 15.5. The van der Waals surface area contributed by atoms with Crippen LogP contribution in [0.5, 0.6) is 5.75 Å². The SMILES string of the molecule is COc1ccc(/C=C2\SC(=S)N(NC(=O)c3ccc(Br)cc3)C2=O)cc1. The first kappa shape index (κ1) is 18.6. The molecule has 0 spiro atoms. The van der Waals surface area contributed by atoms with Crippen LogP contribution < -0.4 is 10.2 Å². The van der Waals surface area contributed by atoms with Crippen LogP contribution in [0.3, 0.4) is 0 Å². The molecule has 2 aromatic carbocycles. The van der Waals surface area contributed by atoms with Crippen LogP contribution in [-0.4, -0.2) is 28.3 Å². The van der Waals surface area contributed by atoms with Gasteiger partial charge in [-0.2, -0.15) is 5.01 Å². The highest BCUT2D eigenvalue weighted by molar-refractivity contribution is 9.10. The first-order chi connectivity index (χ1) is 12.5. The van der Waals surface area contributed by atoms with E-state index in [2.05, 4.69) is 21.4 Å². The second-order valence-electron chi connectivity index (χ2n) is 5.24. The lowest BCUT2D eigenvalue weighted by Crippen LogP contribution is -2.44. The molecule has 0 atom stereocenters. The van der Waals surface area contributed by atoms with Gasteiger partial charge in [-0.05, 0) is 60.3 Å². The lowest BCUT2D eigenvalue weighted by atomic mass is 10.2. The number of hydrogen-bond donors (Lipinski definition) is 1. The third-order valence-corrected chi connectivity index (χ3v) is 5.36. The van der Waals surface area contributed by atoms with Gasteiger partial charge in [0.2, 0.25) is 0 Å². The molecule has 1 aliphatic heterocycles. The number of rotatable bonds is 4. The first-order valence-corrected chi connectivity index (χ1v) is 9.48. The Morgan fingerprint density at radius 2 is 1.85 bits per heavy atom. The fourth-order valence-electron chi connectivity index (χ4n) is 2.18. The summed E-state index contributed by atoms with van der Waals surface area (Å²) in [4.78, 5) is 25.3. The molecule has 132 valence electrons. The predicted molar refractivity (Wildman–Crippen MR) is 110 cm³/mol. The Morgan fingerprint density at radius 3 is 2.46 bits per heavy atom. The highest BCUT2D eigenvalue weighted by Gasteiger charge is 2.33. The minimum absolute atomic E-state index is 0.278. The zero-order valence-corrected chi connectivity index (χ0v) is 16.8. The summed E-state index contributed by atoms with van der Waals surface area (Å²) in [6.45, 7) is 0. The van der Waals surface area contributed by atoms with Crippen molar-refractivity contribution in [3.05, 3.63) is 69.0 Å². The molecule has 2 aromatic rings. The van der Waals surface area contributed by atoms with Crippen LogP contribution in [0.1, 0.15) is 15.9 Å². The minimum atomic E-state index is -0.403. The number of hydrogen-bond acceptors (Lipinski definition) is 5. The molecule has 5 nitrogen and oxygen atoms in total. The number of nitrogens with zero attached hydrogens (tertiary/aromatic N) is 1. The Bertz CT molecular complexity index is 896. The number of carbonyl (C=O) groups excluding carboxylic acids is 2. The summed E-state index contributed by atoms with van der Waals surface area (Å²) >= 11 is 9.68. The second kappa shape index (κ2) is 8.03. The van der Waals surface area contributed by atoms with Gasteiger partial charge in [0, 0.05) is 10.0 Å². The molecule has 0 bridgehead atoms. The van der Waals surface area contributed by atoms with E-state index in [-0.39, 0.29) is 10.2 Å². The number of hydrazine groups is 1. The van der Waals surface area contributed by atoms with Crippen LogP contribution in [0.25, 0.3) is 6.08 Å². The zero-order chi connectivity index (χ0) is 18.7. The molecule has 1 N–H and O–H groups in total. The van der Waals surface area contributed by atoms with Gasteiger partial charge in [0.05, 0.1) is 12.0 Å². The van der Waals surface area contributed by atoms with E-state index in [0.29, 0.717) is 10.5 Å². The molecule has 0 aliphatic carbocycles. The Hall–Kier alpha value is -2.16. The molecule has 1 fully saturated rings. The van der Waals surface area contributed by atoms with Gasteiger partial charge in [-0.1, -0.05) is 39.8 Å². The van der Waals surface area contributed by atoms with Crippen molar-refractivity contribution >= 4 is 62.1 Å². The summed E-state index contributed by atoms with van der Waals surface area (Å²) in [6.07, 6.45) is 1.73. The largest absolute Gasteiger partial charge is 0.497 e. The molecule has 0 aromatic heterocycles. The van der Waals surface area contributed by atoms with Crippen molar-refractivity contribution in [1.82, 2.24) is 10.4 Å². The van der Waals surface area contributed by atoms with Gasteiger partial charge in [0.15, 0.2) is 4.32 Å². The van der Waals surface area contributed by atoms with Crippen molar-refractivity contribution in [3.8, 4) is 5.75 Å². The molecule has 0 radical (unpaired) electrons. The highest BCUT2D eigenvalue weighted by Crippen LogP contribution is 2.31. The fourth-order valence-corrected chi connectivity index (χ4v) is 3.63. The van der Waals surface area contributed by atoms with Crippen molar-refractivity contribution in [2.75, 3.05) is 7.11 Å². The van der Waals surface area contributed by atoms with Gasteiger partial charge in [-0.25, -0.2) is 0 Å². The van der Waals surface area contributed by atoms with Crippen molar-refractivity contribution < 1.29 is 14.3 Å². The summed E-state index contributed by atoms with van der Waals surface area (Å²) in [5.74, 6) is -0.0303. The first-order valence-electron chi connectivity index (χ1n) is 7.46. The summed E-state index contributed by atoms with van der Waals surface area (Å²) < 4.78 is 6.26. The summed E-state index contributed by atoms with van der Waals surface area (Å²) in [5, 5.41) is 1.10. The van der Waals surface area contributed by atoms with Gasteiger partial charge in [0.25, 0.3) is 11.8 Å². The molecular formula is C18H13BrN2O3S2. The Labute approximate surface area is 168 Å². The molecule has 1 heterocycles. The lowest BCUT2D eigenvalue weighted by Gasteiger charge is -2.15. The van der Waals surface area contributed by atoms with Crippen molar-refractivity contribution in [1.29, 1.82) is 0 Å². The van der Waals surface area contributed by atoms with Gasteiger partial charge >= 0.3 is 0 Å². The Balaban J connectivity index is 1.74. The molecular weight excluding hydrogens is 436 g/mol. The molecule has 1 aliphatic rings. The second-order valence-corrected chi connectivity index (χ2v) is 7.83. The maximum Gasteiger partial charge on any atom is 0.285 e. The number of thioether (sulfide) groups is 1. The van der Waals surface area contributed by atoms with E-state index >= 15 is 0 Å². The average Bonchev–Trinajstić information content (AvgIpc) is 2.90. The van der Waals surface area contributed by atoms with Crippen LogP contribution >= 0.6 is 39.9 Å². The van der Waals surface area contributed by atoms with Crippen molar-refractivity contribution in [2.24, 2.45) is 0 Å². The van der Waals surface area contributed by atoms with Crippen molar-refractivity contribution in [2.45, 2.75) is 0 Å². The molecule has 1 saturated heterocycles. The number of methoxy groups -OCH3 is 1. The maximum atomic E-state index is 12.6. The molecule has 2 amide bonds. The van der Waals surface area contributed by atoms with Crippen LogP contribution in [0, 0.1) is 0 Å². The third-order valence-electron chi connectivity index (χ3n) is 3.53. The summed E-state index contributed by atoms with van der Waals surface area (Å²) in [6, 6.07) is 14.1. The number of thiocarbonyl (C=S) groups is 1. The minimum Gasteiger partial charge on any atom is -0.497 e. The number of nitrogens with one attached hydrogen (secondary N) is 1. The standard InChI is InChI=1S/C18H13BrN2O3S2/c1-24-14-8-2-11(3-9-14)10-15-17(23)21(18(25)26-15)20-16(22)12-4-6-13(19)7-5-12/h2-10H,1H3,(H,20,22)/b15-10-. The molecule has 26 heavy (non-hydrogen) atoms. The smallest absolute Gasteiger partial charge is 0.285 e. The van der Waals surface area contributed by atoms with E-state index in [1.165, 1.54) is 0 Å². The van der Waals surface area contributed by atoms with Crippen LogP contribution in [0.2, 0.25) is 0 Å². The topological polar surface area (TPSA) is 58.6 Å². The zero-order valence-electron chi connectivity index (χ0n) is 13.6. The van der Waals surface area contributed by atoms with Crippen LogP contribution in [0.4, 0.5) is 0 Å². The lowest BCUT2D eigenvalue weighted by molar-refractivity contribution is -0.123. The quantitative estimate of drug-likeness (QED) is 0.565. The molecule has 8 heteroatoms. The summed E-state index contributed by atoms with van der Waals surface area (Å²) in [5.41, 5.74) is 3.83. The van der Waals surface area contributed by atoms with Gasteiger partial charge in [0.1, 0.15) is 5.75 Å². The number of amides is 2. The number of benzene rings is 2. The monoisotopic (exact) mass is 448 g/mol. The van der Waals surface area contributed by atoms with Gasteiger partial charge in [-0.3, -0.25) is 15.0 Å². The van der Waals surface area contributed by atoms with Crippen molar-refractivity contribution in [3.63, 3.8) is 0 Å².